The molecule has 0 saturated carbocycles. The largest absolute Gasteiger partial charge is 0.497 e. The maximum Gasteiger partial charge on any atom is 0.343 e. The third-order valence-corrected chi connectivity index (χ3v) is 6.48. The van der Waals surface area contributed by atoms with Gasteiger partial charge in [-0.15, -0.1) is 0 Å². The van der Waals surface area contributed by atoms with Crippen molar-refractivity contribution in [2.24, 2.45) is 0 Å². The number of nitrogens with one attached hydrogen (secondary N) is 2. The van der Waals surface area contributed by atoms with Gasteiger partial charge in [0.2, 0.25) is 15.6 Å². The number of aliphatic carboxylic acids is 1. The fraction of sp³-hybridized carbons (Fsp3) is 0.348. The second-order valence-corrected chi connectivity index (χ2v) is 9.18. The summed E-state index contributed by atoms with van der Waals surface area (Å²) >= 11 is 0. The average molecular weight is 494 g/mol. The highest BCUT2D eigenvalue weighted by atomic mass is 32.2. The molecule has 0 aliphatic carbocycles. The van der Waals surface area contributed by atoms with Gasteiger partial charge in [0.15, 0.2) is 0 Å². The van der Waals surface area contributed by atoms with Crippen LogP contribution in [-0.2, 0) is 24.3 Å². The number of hydrogen-bond acceptors (Lipinski definition) is 8. The summed E-state index contributed by atoms with van der Waals surface area (Å²) in [6.07, 6.45) is -0.455. The molecule has 0 aliphatic heterocycles. The summed E-state index contributed by atoms with van der Waals surface area (Å²) < 4.78 is 44.5. The summed E-state index contributed by atoms with van der Waals surface area (Å²) in [7, 11) is -2.39. The molecule has 3 N–H and O–H groups in total. The number of sulfonamides is 1. The first-order chi connectivity index (χ1) is 16.6. The summed E-state index contributed by atoms with van der Waals surface area (Å²) in [4.78, 5) is 38.3. The SMILES string of the molecule is [2H]OC(=O)C(CCCNS(=O)(=O)c1ccc(C)cc1)(NC(=O)c1ccc(OC)cc1)C(=O)OCC. The predicted molar refractivity (Wildman–Crippen MR) is 123 cm³/mol. The Kier molecular flexibility index (Phi) is 8.61. The molecule has 0 aromatic heterocycles. The number of aryl methyl sites for hydroxylation is 1. The fourth-order valence-electron chi connectivity index (χ4n) is 3.08. The highest BCUT2D eigenvalue weighted by molar-refractivity contribution is 7.89. The van der Waals surface area contributed by atoms with Crippen molar-refractivity contribution >= 4 is 27.9 Å². The number of benzene rings is 2. The van der Waals surface area contributed by atoms with Crippen LogP contribution in [0.5, 0.6) is 5.75 Å². The van der Waals surface area contributed by atoms with Crippen LogP contribution in [0.3, 0.4) is 0 Å². The van der Waals surface area contributed by atoms with E-state index in [1.807, 2.05) is 6.92 Å². The Bertz CT molecular complexity index is 1140. The van der Waals surface area contributed by atoms with E-state index >= 15 is 0 Å². The number of amides is 1. The van der Waals surface area contributed by atoms with Gasteiger partial charge in [-0.05, 0) is 63.1 Å². The normalized spacial score (nSPS) is 13.2. The standard InChI is InChI=1S/C23H28N2O8S/c1-4-33-22(29)23(21(27)28,25-20(26)17-8-10-18(32-3)11-9-17)14-5-15-24-34(30,31)19-12-6-16(2)7-13-19/h6-13,24H,4-5,14-15H2,1-3H3,(H,25,26)(H,27,28)/i/hD. The van der Waals surface area contributed by atoms with E-state index in [1.54, 1.807) is 12.1 Å². The van der Waals surface area contributed by atoms with E-state index in [2.05, 4.69) is 15.1 Å². The second-order valence-electron chi connectivity index (χ2n) is 7.41. The first kappa shape index (κ1) is 25.2. The van der Waals surface area contributed by atoms with Gasteiger partial charge in [-0.25, -0.2) is 22.7 Å². The molecule has 1 atom stereocenters. The maximum atomic E-state index is 12.9. The number of carboxylic acid groups (broad SMARTS) is 1. The van der Waals surface area contributed by atoms with Crippen molar-refractivity contribution in [2.75, 3.05) is 20.3 Å². The lowest BCUT2D eigenvalue weighted by Gasteiger charge is -2.28. The minimum absolute atomic E-state index is 0.0538. The molecule has 34 heavy (non-hydrogen) atoms. The van der Waals surface area contributed by atoms with Crippen LogP contribution in [0, 0.1) is 6.92 Å². The van der Waals surface area contributed by atoms with Crippen molar-refractivity contribution in [3.63, 3.8) is 0 Å². The lowest BCUT2D eigenvalue weighted by Crippen LogP contribution is -2.61. The van der Waals surface area contributed by atoms with Gasteiger partial charge >= 0.3 is 11.9 Å². The summed E-state index contributed by atoms with van der Waals surface area (Å²) in [5.41, 5.74) is -1.36. The predicted octanol–water partition coefficient (Wildman–Crippen LogP) is 1.88. The van der Waals surface area contributed by atoms with Crippen LogP contribution >= 0.6 is 0 Å². The molecule has 0 aliphatic rings. The second kappa shape index (κ2) is 11.6. The van der Waals surface area contributed by atoms with Crippen molar-refractivity contribution in [3.05, 3.63) is 59.7 Å². The van der Waals surface area contributed by atoms with E-state index in [1.165, 1.54) is 50.4 Å². The third kappa shape index (κ3) is 6.55. The number of carbonyl (C=O) groups is 3. The van der Waals surface area contributed by atoms with Gasteiger partial charge in [0.1, 0.15) is 5.75 Å². The van der Waals surface area contributed by atoms with E-state index in [4.69, 9.17) is 10.9 Å². The van der Waals surface area contributed by atoms with Crippen molar-refractivity contribution in [1.29, 1.82) is 1.43 Å². The van der Waals surface area contributed by atoms with E-state index in [-0.39, 0.29) is 36.5 Å². The van der Waals surface area contributed by atoms with E-state index < -0.39 is 33.4 Å². The molecule has 1 unspecified atom stereocenters. The zero-order valence-corrected chi connectivity index (χ0v) is 19.9. The van der Waals surface area contributed by atoms with E-state index in [0.29, 0.717) is 5.75 Å². The average Bonchev–Trinajstić information content (AvgIpc) is 2.85. The Labute approximate surface area is 199 Å². The molecule has 184 valence electrons. The molecule has 0 fully saturated rings. The van der Waals surface area contributed by atoms with Crippen LogP contribution in [0.2, 0.25) is 0 Å². The Hall–Kier alpha value is -3.44. The number of carboxylic acids is 1. The van der Waals surface area contributed by atoms with Gasteiger partial charge in [0.05, 0.1) is 18.6 Å². The quantitative estimate of drug-likeness (QED) is 0.231. The summed E-state index contributed by atoms with van der Waals surface area (Å²) in [5.74, 6) is -2.80. The molecule has 0 radical (unpaired) electrons. The fourth-order valence-corrected chi connectivity index (χ4v) is 4.15. The summed E-state index contributed by atoms with van der Waals surface area (Å²) in [6.45, 7) is 3.06. The van der Waals surface area contributed by atoms with Crippen molar-refractivity contribution in [3.8, 4) is 5.75 Å². The van der Waals surface area contributed by atoms with Crippen LogP contribution in [0.4, 0.5) is 0 Å². The highest BCUT2D eigenvalue weighted by Crippen LogP contribution is 2.19. The molecular weight excluding hydrogens is 464 g/mol. The smallest absolute Gasteiger partial charge is 0.343 e. The molecular formula is C23H28N2O8S. The Balaban J connectivity index is 2.22. The van der Waals surface area contributed by atoms with Crippen LogP contribution < -0.4 is 14.8 Å². The summed E-state index contributed by atoms with van der Waals surface area (Å²) in [5, 5.41) is 6.40. The third-order valence-electron chi connectivity index (χ3n) is 5.00. The number of esters is 1. The number of ether oxygens (including phenoxy) is 2. The molecule has 11 heteroatoms. The van der Waals surface area contributed by atoms with Crippen molar-refractivity contribution in [1.82, 2.24) is 10.0 Å². The summed E-state index contributed by atoms with van der Waals surface area (Å²) in [6, 6.07) is 12.1. The number of methoxy groups -OCH3 is 1. The van der Waals surface area contributed by atoms with E-state index in [9.17, 15) is 22.8 Å². The van der Waals surface area contributed by atoms with Gasteiger partial charge in [0, 0.05) is 12.1 Å². The van der Waals surface area contributed by atoms with Crippen molar-refractivity contribution < 1.29 is 37.4 Å². The van der Waals surface area contributed by atoms with Gasteiger partial charge < -0.3 is 19.9 Å². The van der Waals surface area contributed by atoms with Gasteiger partial charge in [0.25, 0.3) is 7.34 Å². The highest BCUT2D eigenvalue weighted by Gasteiger charge is 2.49. The lowest BCUT2D eigenvalue weighted by molar-refractivity contribution is -0.162. The van der Waals surface area contributed by atoms with E-state index in [0.717, 1.165) is 5.56 Å². The Morgan fingerprint density at radius 2 is 1.74 bits per heavy atom. The van der Waals surface area contributed by atoms with Crippen LogP contribution in [-0.4, -0.2) is 57.2 Å². The van der Waals surface area contributed by atoms with Crippen LogP contribution in [0.1, 0.15) is 35.7 Å². The minimum Gasteiger partial charge on any atom is -0.497 e. The topological polar surface area (TPSA) is 148 Å². The van der Waals surface area contributed by atoms with Crippen LogP contribution in [0.25, 0.3) is 1.43 Å². The molecule has 2 rings (SSSR count). The maximum absolute atomic E-state index is 12.9. The van der Waals surface area contributed by atoms with Gasteiger partial charge in [-0.1, -0.05) is 17.7 Å². The number of carbonyl (C=O) groups excluding carboxylic acids is 2. The first-order valence-corrected chi connectivity index (χ1v) is 12.0. The minimum atomic E-state index is -3.84. The zero-order chi connectivity index (χ0) is 26.1. The first-order valence-electron chi connectivity index (χ1n) is 10.9. The zero-order valence-electron chi connectivity index (χ0n) is 20.1. The molecule has 0 spiro atoms. The number of hydrogen-bond donors (Lipinski definition) is 3. The van der Waals surface area contributed by atoms with Crippen molar-refractivity contribution in [2.45, 2.75) is 37.1 Å². The molecule has 0 saturated heterocycles. The molecule has 2 aromatic rings. The number of rotatable bonds is 12. The Morgan fingerprint density at radius 1 is 1.09 bits per heavy atom. The molecule has 1 amide bonds. The Morgan fingerprint density at radius 3 is 2.29 bits per heavy atom. The van der Waals surface area contributed by atoms with Crippen LogP contribution in [0.15, 0.2) is 53.4 Å². The lowest BCUT2D eigenvalue weighted by atomic mass is 9.92. The van der Waals surface area contributed by atoms with Gasteiger partial charge in [-0.3, -0.25) is 4.79 Å². The molecule has 2 aromatic carbocycles. The molecule has 0 heterocycles. The van der Waals surface area contributed by atoms with Gasteiger partial charge in [-0.2, -0.15) is 0 Å². The monoisotopic (exact) mass is 493 g/mol. The molecule has 10 nitrogen and oxygen atoms in total. The molecule has 0 bridgehead atoms.